The predicted octanol–water partition coefficient (Wildman–Crippen LogP) is 3.45. The van der Waals surface area contributed by atoms with Crippen molar-refractivity contribution >= 4 is 12.9 Å². The van der Waals surface area contributed by atoms with Crippen molar-refractivity contribution in [1.82, 2.24) is 0 Å². The Labute approximate surface area is 112 Å². The molecule has 0 bridgehead atoms. The highest BCUT2D eigenvalue weighted by molar-refractivity contribution is 6.50. The number of aromatic nitrogens is 1. The molecule has 19 heavy (non-hydrogen) atoms. The minimum Gasteiger partial charge on any atom is -0.418 e. The molecule has 0 aromatic carbocycles. The van der Waals surface area contributed by atoms with Crippen molar-refractivity contribution in [2.24, 2.45) is 0 Å². The number of unbranched alkanes of at least 4 members (excludes halogenated alkanes) is 1. The van der Waals surface area contributed by atoms with Crippen LogP contribution >= 0.6 is 0 Å². The van der Waals surface area contributed by atoms with Crippen molar-refractivity contribution in [2.75, 3.05) is 19.0 Å². The second-order valence-corrected chi connectivity index (χ2v) is 4.49. The molecule has 0 aliphatic rings. The molecule has 7 heteroatoms. The van der Waals surface area contributed by atoms with Crippen molar-refractivity contribution in [1.29, 1.82) is 0 Å². The lowest BCUT2D eigenvalue weighted by Gasteiger charge is -2.13. The van der Waals surface area contributed by atoms with Gasteiger partial charge in [-0.2, -0.15) is 0 Å². The van der Waals surface area contributed by atoms with E-state index >= 15 is 0 Å². The molecule has 110 valence electrons. The standard InChI is InChI=1S/C12H21N2.BF4/c1-5-6-8-14-9-7-12(13(3)4)11(2)10-14;2-1(3,4)5/h7,9-10H,5-6,8H2,1-4H3;/q+1;-1. The van der Waals surface area contributed by atoms with Gasteiger partial charge in [0.15, 0.2) is 12.4 Å². The Morgan fingerprint density at radius 3 is 2.11 bits per heavy atom. The molecule has 0 N–H and O–H groups in total. The number of halogens is 4. The SMILES string of the molecule is CCCC[n+]1ccc(N(C)C)c(C)c1.F[B-](F)(F)F. The van der Waals surface area contributed by atoms with Gasteiger partial charge in [0, 0.05) is 32.1 Å². The van der Waals surface area contributed by atoms with Crippen molar-refractivity contribution in [3.05, 3.63) is 24.0 Å². The maximum absolute atomic E-state index is 9.75. The largest absolute Gasteiger partial charge is 0.673 e. The topological polar surface area (TPSA) is 7.12 Å². The Morgan fingerprint density at radius 1 is 1.21 bits per heavy atom. The van der Waals surface area contributed by atoms with Gasteiger partial charge in [0.1, 0.15) is 6.54 Å². The van der Waals surface area contributed by atoms with E-state index in [4.69, 9.17) is 0 Å². The van der Waals surface area contributed by atoms with E-state index in [1.54, 1.807) is 0 Å². The van der Waals surface area contributed by atoms with Crippen LogP contribution in [0.3, 0.4) is 0 Å². The second-order valence-electron chi connectivity index (χ2n) is 4.49. The Bertz CT molecular complexity index is 374. The summed E-state index contributed by atoms with van der Waals surface area (Å²) in [6.07, 6.45) is 6.90. The lowest BCUT2D eigenvalue weighted by molar-refractivity contribution is -0.697. The molecule has 1 aromatic heterocycles. The Balaban J connectivity index is 0.000000555. The third-order valence-corrected chi connectivity index (χ3v) is 2.44. The van der Waals surface area contributed by atoms with Crippen LogP contribution < -0.4 is 9.47 Å². The van der Waals surface area contributed by atoms with E-state index in [2.05, 4.69) is 55.9 Å². The van der Waals surface area contributed by atoms with E-state index in [9.17, 15) is 17.3 Å². The van der Waals surface area contributed by atoms with E-state index in [0.717, 1.165) is 6.54 Å². The van der Waals surface area contributed by atoms with Gasteiger partial charge in [-0.05, 0) is 6.92 Å². The fraction of sp³-hybridized carbons (Fsp3) is 0.583. The maximum Gasteiger partial charge on any atom is 0.673 e. The maximum atomic E-state index is 9.75. The first kappa shape index (κ1) is 17.7. The summed E-state index contributed by atoms with van der Waals surface area (Å²) < 4.78 is 41.3. The number of anilines is 1. The molecule has 0 unspecified atom stereocenters. The zero-order valence-corrected chi connectivity index (χ0v) is 11.8. The first-order valence-electron chi connectivity index (χ1n) is 6.19. The van der Waals surface area contributed by atoms with Gasteiger partial charge < -0.3 is 22.2 Å². The van der Waals surface area contributed by atoms with Gasteiger partial charge in [-0.15, -0.1) is 0 Å². The molecule has 0 spiro atoms. The van der Waals surface area contributed by atoms with Crippen LogP contribution in [0.1, 0.15) is 25.3 Å². The Morgan fingerprint density at radius 2 is 1.74 bits per heavy atom. The van der Waals surface area contributed by atoms with Crippen molar-refractivity contribution in [2.45, 2.75) is 33.2 Å². The number of hydrogen-bond donors (Lipinski definition) is 0. The third-order valence-electron chi connectivity index (χ3n) is 2.44. The number of hydrogen-bond acceptors (Lipinski definition) is 1. The van der Waals surface area contributed by atoms with Crippen molar-refractivity contribution < 1.29 is 21.8 Å². The highest BCUT2D eigenvalue weighted by Gasteiger charge is 2.20. The van der Waals surface area contributed by atoms with Crippen LogP contribution in [-0.2, 0) is 6.54 Å². The molecule has 1 heterocycles. The van der Waals surface area contributed by atoms with Crippen LogP contribution in [0.25, 0.3) is 0 Å². The molecule has 0 aliphatic heterocycles. The average molecular weight is 280 g/mol. The van der Waals surface area contributed by atoms with Crippen LogP contribution in [0.5, 0.6) is 0 Å². The number of rotatable bonds is 4. The second kappa shape index (κ2) is 8.02. The lowest BCUT2D eigenvalue weighted by atomic mass is 10.2. The molecule has 2 nitrogen and oxygen atoms in total. The zero-order chi connectivity index (χ0) is 15.1. The molecule has 1 rings (SSSR count). The van der Waals surface area contributed by atoms with E-state index in [1.807, 2.05) is 0 Å². The predicted molar refractivity (Wildman–Crippen MR) is 70.8 cm³/mol. The molecule has 0 radical (unpaired) electrons. The van der Waals surface area contributed by atoms with Gasteiger partial charge in [0.05, 0.1) is 5.69 Å². The van der Waals surface area contributed by atoms with Gasteiger partial charge in [-0.1, -0.05) is 13.3 Å². The van der Waals surface area contributed by atoms with E-state index in [0.29, 0.717) is 0 Å². The molecule has 1 aromatic rings. The Hall–Kier alpha value is -1.27. The minimum atomic E-state index is -6.00. The summed E-state index contributed by atoms with van der Waals surface area (Å²) in [4.78, 5) is 2.15. The quantitative estimate of drug-likeness (QED) is 0.465. The van der Waals surface area contributed by atoms with Crippen LogP contribution in [-0.4, -0.2) is 21.3 Å². The molecular weight excluding hydrogens is 259 g/mol. The number of nitrogens with zero attached hydrogens (tertiary/aromatic N) is 2. The van der Waals surface area contributed by atoms with Crippen LogP contribution in [0.2, 0.25) is 0 Å². The van der Waals surface area contributed by atoms with Gasteiger partial charge in [-0.3, -0.25) is 0 Å². The Kier molecular flexibility index (Phi) is 7.48. The molecule has 0 fully saturated rings. The van der Waals surface area contributed by atoms with Gasteiger partial charge in [0.25, 0.3) is 0 Å². The summed E-state index contributed by atoms with van der Waals surface area (Å²) in [7, 11) is -1.84. The van der Waals surface area contributed by atoms with Crippen LogP contribution in [0.4, 0.5) is 23.0 Å². The first-order valence-corrected chi connectivity index (χ1v) is 6.19. The molecule has 0 aliphatic carbocycles. The van der Waals surface area contributed by atoms with E-state index in [-0.39, 0.29) is 0 Å². The molecule has 0 amide bonds. The summed E-state index contributed by atoms with van der Waals surface area (Å²) in [5.74, 6) is 0. The fourth-order valence-corrected chi connectivity index (χ4v) is 1.64. The third kappa shape index (κ3) is 9.33. The van der Waals surface area contributed by atoms with Crippen molar-refractivity contribution in [3.63, 3.8) is 0 Å². The van der Waals surface area contributed by atoms with Crippen molar-refractivity contribution in [3.8, 4) is 0 Å². The van der Waals surface area contributed by atoms with E-state index < -0.39 is 7.25 Å². The van der Waals surface area contributed by atoms with Crippen LogP contribution in [0.15, 0.2) is 18.5 Å². The fourth-order valence-electron chi connectivity index (χ4n) is 1.64. The lowest BCUT2D eigenvalue weighted by Crippen LogP contribution is -2.33. The molecule has 0 saturated carbocycles. The smallest absolute Gasteiger partial charge is 0.418 e. The first-order chi connectivity index (χ1) is 8.65. The van der Waals surface area contributed by atoms with Crippen LogP contribution in [0, 0.1) is 6.92 Å². The molecule has 0 atom stereocenters. The molecule has 0 saturated heterocycles. The molecular formula is C12H21BF4N2. The summed E-state index contributed by atoms with van der Waals surface area (Å²) in [5.41, 5.74) is 2.64. The summed E-state index contributed by atoms with van der Waals surface area (Å²) in [6.45, 7) is 5.52. The van der Waals surface area contributed by atoms with Gasteiger partial charge in [0.2, 0.25) is 0 Å². The minimum absolute atomic E-state index is 1.13. The zero-order valence-electron chi connectivity index (χ0n) is 11.8. The number of pyridine rings is 1. The number of aryl methyl sites for hydroxylation is 2. The van der Waals surface area contributed by atoms with Gasteiger partial charge >= 0.3 is 7.25 Å². The summed E-state index contributed by atoms with van der Waals surface area (Å²) in [5, 5.41) is 0. The summed E-state index contributed by atoms with van der Waals surface area (Å²) >= 11 is 0. The highest BCUT2D eigenvalue weighted by atomic mass is 19.5. The normalized spacial score (nSPS) is 10.7. The monoisotopic (exact) mass is 280 g/mol. The average Bonchev–Trinajstić information content (AvgIpc) is 2.23. The van der Waals surface area contributed by atoms with E-state index in [1.165, 1.54) is 24.1 Å². The summed E-state index contributed by atoms with van der Waals surface area (Å²) in [6, 6.07) is 2.19. The van der Waals surface area contributed by atoms with Gasteiger partial charge in [-0.25, -0.2) is 4.57 Å². The highest BCUT2D eigenvalue weighted by Crippen LogP contribution is 2.13.